The summed E-state index contributed by atoms with van der Waals surface area (Å²) in [6.45, 7) is 9.54. The van der Waals surface area contributed by atoms with Gasteiger partial charge in [0.2, 0.25) is 10.4 Å². The van der Waals surface area contributed by atoms with Crippen molar-refractivity contribution in [2.45, 2.75) is 104 Å². The van der Waals surface area contributed by atoms with E-state index in [0.717, 1.165) is 37.7 Å². The molecule has 8 heteroatoms. The summed E-state index contributed by atoms with van der Waals surface area (Å²) < 4.78 is 38.2. The molecule has 4 aliphatic rings. The number of hydrogen-bond acceptors (Lipinski definition) is 6. The van der Waals surface area contributed by atoms with Gasteiger partial charge < -0.3 is 14.8 Å². The smallest absolute Gasteiger partial charge is 0.726 e. The van der Waals surface area contributed by atoms with Crippen LogP contribution in [0.2, 0.25) is 0 Å². The van der Waals surface area contributed by atoms with Crippen LogP contribution in [0.25, 0.3) is 0 Å². The third-order valence-electron chi connectivity index (χ3n) is 10.6. The third kappa shape index (κ3) is 5.78. The molecule has 0 unspecified atom stereocenters. The number of allylic oxidation sites excluding steroid dienone is 1. The molecule has 0 saturated heterocycles. The van der Waals surface area contributed by atoms with Crippen LogP contribution in [0.4, 0.5) is 0 Å². The molecule has 0 aromatic rings. The zero-order chi connectivity index (χ0) is 24.9. The molecule has 0 aliphatic heterocycles. The minimum absolute atomic E-state index is 0. The summed E-state index contributed by atoms with van der Waals surface area (Å²) in [4.78, 5) is 0. The van der Waals surface area contributed by atoms with Crippen molar-refractivity contribution in [2.75, 3.05) is 6.61 Å². The normalized spacial score (nSPS) is 41.9. The van der Waals surface area contributed by atoms with Gasteiger partial charge in [0.25, 0.3) is 0 Å². The Morgan fingerprint density at radius 1 is 1.11 bits per heavy atom. The average Bonchev–Trinajstić information content (AvgIpc) is 3.09. The van der Waals surface area contributed by atoms with Crippen molar-refractivity contribution in [1.29, 1.82) is 0 Å². The van der Waals surface area contributed by atoms with E-state index in [0.29, 0.717) is 41.9 Å². The summed E-state index contributed by atoms with van der Waals surface area (Å²) in [6.07, 6.45) is 10.3. The van der Waals surface area contributed by atoms with Crippen molar-refractivity contribution in [3.8, 4) is 0 Å². The Balaban J connectivity index is 0.00000342. The van der Waals surface area contributed by atoms with E-state index in [-0.39, 0.29) is 47.0 Å². The van der Waals surface area contributed by atoms with Crippen LogP contribution in [-0.4, -0.2) is 42.0 Å². The summed E-state index contributed by atoms with van der Waals surface area (Å²) in [5, 5.41) is 21.3. The van der Waals surface area contributed by atoms with Gasteiger partial charge in [-0.2, -0.15) is 0 Å². The van der Waals surface area contributed by atoms with Gasteiger partial charge in [-0.15, -0.1) is 0 Å². The van der Waals surface area contributed by atoms with Gasteiger partial charge in [-0.05, 0) is 103 Å². The van der Waals surface area contributed by atoms with Crippen LogP contribution in [0.3, 0.4) is 0 Å². The number of rotatable bonds is 8. The molecule has 9 atom stereocenters. The maximum atomic E-state index is 11.2. The minimum Gasteiger partial charge on any atom is -0.726 e. The van der Waals surface area contributed by atoms with Crippen LogP contribution in [0.5, 0.6) is 0 Å². The predicted octanol–water partition coefficient (Wildman–Crippen LogP) is 1.82. The Labute approximate surface area is 234 Å². The molecule has 3 fully saturated rings. The zero-order valence-corrected chi connectivity index (χ0v) is 25.2. The molecule has 35 heavy (non-hydrogen) atoms. The van der Waals surface area contributed by atoms with E-state index in [2.05, 4.69) is 33.8 Å². The Bertz CT molecular complexity index is 875. The van der Waals surface area contributed by atoms with Crippen LogP contribution in [-0.2, 0) is 14.6 Å². The molecular weight excluding hydrogens is 475 g/mol. The van der Waals surface area contributed by atoms with Crippen molar-refractivity contribution in [3.05, 3.63) is 11.6 Å². The second-order valence-corrected chi connectivity index (χ2v) is 13.7. The second kappa shape index (κ2) is 11.3. The fourth-order valence-corrected chi connectivity index (χ4v) is 9.49. The average molecular weight is 521 g/mol. The first kappa shape index (κ1) is 30.1. The molecule has 0 radical (unpaired) electrons. The molecule has 196 valence electrons. The van der Waals surface area contributed by atoms with E-state index in [4.69, 9.17) is 4.18 Å². The summed E-state index contributed by atoms with van der Waals surface area (Å²) in [5.74, 6) is 3.30. The van der Waals surface area contributed by atoms with Crippen LogP contribution in [0.1, 0.15) is 91.9 Å². The van der Waals surface area contributed by atoms with Crippen molar-refractivity contribution < 1.29 is 56.9 Å². The van der Waals surface area contributed by atoms with E-state index in [1.165, 1.54) is 25.7 Å². The second-order valence-electron chi connectivity index (χ2n) is 12.7. The van der Waals surface area contributed by atoms with Crippen molar-refractivity contribution in [2.24, 2.45) is 46.3 Å². The number of aliphatic hydroxyl groups is 2. The molecule has 0 spiro atoms. The van der Waals surface area contributed by atoms with Crippen LogP contribution in [0.15, 0.2) is 11.6 Å². The molecule has 0 bridgehead atoms. The maximum absolute atomic E-state index is 11.2. The quantitative estimate of drug-likeness (QED) is 0.219. The maximum Gasteiger partial charge on any atom is 1.00 e. The molecule has 6 nitrogen and oxygen atoms in total. The zero-order valence-electron chi connectivity index (χ0n) is 22.4. The van der Waals surface area contributed by atoms with Gasteiger partial charge in [0, 0.05) is 6.61 Å². The van der Waals surface area contributed by atoms with Crippen molar-refractivity contribution >= 4 is 10.4 Å². The van der Waals surface area contributed by atoms with Crippen LogP contribution >= 0.6 is 0 Å². The first-order chi connectivity index (χ1) is 15.9. The van der Waals surface area contributed by atoms with Gasteiger partial charge in [-0.25, -0.2) is 8.42 Å². The van der Waals surface area contributed by atoms with Gasteiger partial charge in [-0.1, -0.05) is 46.6 Å². The molecule has 0 heterocycles. The Kier molecular flexibility index (Phi) is 9.74. The molecule has 0 aromatic heterocycles. The first-order valence-corrected chi connectivity index (χ1v) is 14.9. The largest absolute Gasteiger partial charge is 1.00 e. The minimum atomic E-state index is -4.84. The predicted molar refractivity (Wildman–Crippen MR) is 130 cm³/mol. The number of hydrogen-bond donors (Lipinski definition) is 2. The Morgan fingerprint density at radius 3 is 2.46 bits per heavy atom. The first-order valence-electron chi connectivity index (χ1n) is 13.5. The molecule has 2 N–H and O–H groups in total. The monoisotopic (exact) mass is 520 g/mol. The molecule has 0 aromatic carbocycles. The summed E-state index contributed by atoms with van der Waals surface area (Å²) in [5.41, 5.74) is 0.958. The molecular formula is C27H45NaO6S. The van der Waals surface area contributed by atoms with Gasteiger partial charge in [-0.3, -0.25) is 4.18 Å². The van der Waals surface area contributed by atoms with Gasteiger partial charge in [0.1, 0.15) is 12.2 Å². The van der Waals surface area contributed by atoms with E-state index in [1.54, 1.807) is 0 Å². The van der Waals surface area contributed by atoms with Crippen LogP contribution < -0.4 is 29.6 Å². The van der Waals surface area contributed by atoms with E-state index in [1.807, 2.05) is 0 Å². The number of aliphatic hydroxyl groups excluding tert-OH is 2. The standard InChI is InChI=1S/C27H46O6S.Na/c1-17(2)6-5-7-18(16-28)20-10-11-21-19-8-9-23-25(29)24(33-34(30,31)32)13-15-27(23,4)22(19)12-14-26(20,21)3;/h9,17-22,24-25,28-29H,5-8,10-16H2,1-4H3,(H,30,31,32);/q;+1/p-1/t18-,19-,20+,21-,22-,24+,25+,26+,27+;/m0./s1. The van der Waals surface area contributed by atoms with E-state index >= 15 is 0 Å². The molecule has 4 rings (SSSR count). The Morgan fingerprint density at radius 2 is 1.83 bits per heavy atom. The van der Waals surface area contributed by atoms with Gasteiger partial charge in [0.15, 0.2) is 0 Å². The summed E-state index contributed by atoms with van der Waals surface area (Å²) >= 11 is 0. The summed E-state index contributed by atoms with van der Waals surface area (Å²) in [7, 11) is -4.84. The molecule has 0 amide bonds. The van der Waals surface area contributed by atoms with Crippen molar-refractivity contribution in [3.63, 3.8) is 0 Å². The fourth-order valence-electron chi connectivity index (χ4n) is 8.98. The van der Waals surface area contributed by atoms with Crippen molar-refractivity contribution in [1.82, 2.24) is 0 Å². The Hall–Kier alpha value is 0.530. The SMILES string of the molecule is CC(C)CCC[C@@H](CO)[C@H]1CC[C@H]2[C@@H]3CC=C4[C@@H](O)[C@H](OS(=O)(=O)[O-])CC[C@]4(C)[C@H]3CC[C@]12C.[Na+]. The van der Waals surface area contributed by atoms with E-state index < -0.39 is 22.6 Å². The fraction of sp³-hybridized carbons (Fsp3) is 0.926. The van der Waals surface area contributed by atoms with Crippen LogP contribution in [0, 0.1) is 46.3 Å². The third-order valence-corrected chi connectivity index (χ3v) is 11.1. The molecule has 4 aliphatic carbocycles. The van der Waals surface area contributed by atoms with E-state index in [9.17, 15) is 23.2 Å². The van der Waals surface area contributed by atoms with Gasteiger partial charge in [0.05, 0.1) is 0 Å². The summed E-state index contributed by atoms with van der Waals surface area (Å²) in [6, 6.07) is 0. The molecule has 3 saturated carbocycles. The number of fused-ring (bicyclic) bond motifs is 5. The van der Waals surface area contributed by atoms with Gasteiger partial charge >= 0.3 is 29.6 Å². The topological polar surface area (TPSA) is 107 Å².